The van der Waals surface area contributed by atoms with Crippen LogP contribution in [0, 0.1) is 0 Å². The Labute approximate surface area is 127 Å². The lowest BCUT2D eigenvalue weighted by atomic mass is 10.0. The molecular weight excluding hydrogens is 288 g/mol. The van der Waals surface area contributed by atoms with Crippen LogP contribution in [0.4, 0.5) is 0 Å². The maximum Gasteiger partial charge on any atom is 0.214 e. The highest BCUT2D eigenvalue weighted by molar-refractivity contribution is 7.89. The van der Waals surface area contributed by atoms with Crippen LogP contribution < -0.4 is 4.74 Å². The van der Waals surface area contributed by atoms with Crippen molar-refractivity contribution in [3.63, 3.8) is 0 Å². The predicted octanol–water partition coefficient (Wildman–Crippen LogP) is 1.72. The van der Waals surface area contributed by atoms with Gasteiger partial charge in [-0.15, -0.1) is 0 Å². The molecule has 0 spiro atoms. The summed E-state index contributed by atoms with van der Waals surface area (Å²) >= 11 is 0. The lowest BCUT2D eigenvalue weighted by molar-refractivity contribution is 0.148. The molecule has 1 unspecified atom stereocenters. The lowest BCUT2D eigenvalue weighted by Gasteiger charge is -2.39. The number of nitrogens with zero attached hydrogens (tertiary/aromatic N) is 2. The van der Waals surface area contributed by atoms with Crippen LogP contribution in [0.3, 0.4) is 0 Å². The third-order valence-corrected chi connectivity index (χ3v) is 6.01. The molecule has 6 heteroatoms. The molecule has 21 heavy (non-hydrogen) atoms. The fourth-order valence-corrected chi connectivity index (χ4v) is 4.18. The maximum absolute atomic E-state index is 12.3. The molecule has 0 amide bonds. The molecule has 0 N–H and O–H groups in total. The van der Waals surface area contributed by atoms with Crippen LogP contribution in [0.25, 0.3) is 0 Å². The number of hydrogen-bond acceptors (Lipinski definition) is 4. The average molecular weight is 312 g/mol. The number of benzene rings is 1. The lowest BCUT2D eigenvalue weighted by Crippen LogP contribution is -2.49. The molecule has 5 nitrogen and oxygen atoms in total. The summed E-state index contributed by atoms with van der Waals surface area (Å²) < 4.78 is 31.3. The van der Waals surface area contributed by atoms with E-state index in [4.69, 9.17) is 4.74 Å². The molecular formula is C15H24N2O3S. The van der Waals surface area contributed by atoms with E-state index in [2.05, 4.69) is 4.90 Å². The van der Waals surface area contributed by atoms with Crippen molar-refractivity contribution in [2.75, 3.05) is 39.5 Å². The van der Waals surface area contributed by atoms with Crippen molar-refractivity contribution in [1.82, 2.24) is 9.21 Å². The fraction of sp³-hybridized carbons (Fsp3) is 0.600. The number of methoxy groups -OCH3 is 1. The van der Waals surface area contributed by atoms with Crippen molar-refractivity contribution in [3.05, 3.63) is 29.8 Å². The Kier molecular flexibility index (Phi) is 5.24. The highest BCUT2D eigenvalue weighted by atomic mass is 32.2. The van der Waals surface area contributed by atoms with Gasteiger partial charge in [0.15, 0.2) is 0 Å². The number of hydrogen-bond donors (Lipinski definition) is 0. The molecule has 0 saturated carbocycles. The molecule has 0 aliphatic carbocycles. The van der Waals surface area contributed by atoms with Crippen LogP contribution >= 0.6 is 0 Å². The monoisotopic (exact) mass is 312 g/mol. The summed E-state index contributed by atoms with van der Waals surface area (Å²) in [6, 6.07) is 7.95. The predicted molar refractivity (Wildman–Crippen MR) is 84.0 cm³/mol. The molecule has 1 aliphatic heterocycles. The van der Waals surface area contributed by atoms with Gasteiger partial charge in [0.25, 0.3) is 0 Å². The van der Waals surface area contributed by atoms with Gasteiger partial charge in [-0.3, -0.25) is 4.90 Å². The highest BCUT2D eigenvalue weighted by Crippen LogP contribution is 2.27. The Morgan fingerprint density at radius 2 is 1.90 bits per heavy atom. The molecule has 1 aromatic rings. The summed E-state index contributed by atoms with van der Waals surface area (Å²) in [7, 11) is 0.551. The van der Waals surface area contributed by atoms with Gasteiger partial charge in [0.1, 0.15) is 5.75 Å². The van der Waals surface area contributed by atoms with Gasteiger partial charge < -0.3 is 4.74 Å². The van der Waals surface area contributed by atoms with Crippen LogP contribution in [0.2, 0.25) is 0 Å². The molecule has 0 bridgehead atoms. The molecule has 0 radical (unpaired) electrons. The number of piperazine rings is 1. The SMILES string of the molecule is CCCS(=O)(=O)N1CCN(C)C(c2ccc(OC)cc2)C1. The Bertz CT molecular complexity index is 557. The van der Waals surface area contributed by atoms with Crippen molar-refractivity contribution >= 4 is 10.0 Å². The Morgan fingerprint density at radius 3 is 2.48 bits per heavy atom. The van der Waals surface area contributed by atoms with Crippen molar-refractivity contribution in [2.24, 2.45) is 0 Å². The van der Waals surface area contributed by atoms with E-state index in [1.54, 1.807) is 11.4 Å². The largest absolute Gasteiger partial charge is 0.497 e. The van der Waals surface area contributed by atoms with E-state index in [1.807, 2.05) is 38.2 Å². The van der Waals surface area contributed by atoms with Crippen LogP contribution in [0.15, 0.2) is 24.3 Å². The van der Waals surface area contributed by atoms with Crippen LogP contribution in [-0.4, -0.2) is 57.2 Å². The molecule has 118 valence electrons. The van der Waals surface area contributed by atoms with Gasteiger partial charge in [0, 0.05) is 25.7 Å². The van der Waals surface area contributed by atoms with Crippen LogP contribution in [0.5, 0.6) is 5.75 Å². The van der Waals surface area contributed by atoms with E-state index in [0.717, 1.165) is 17.9 Å². The molecule has 1 aromatic carbocycles. The molecule has 2 rings (SSSR count). The third kappa shape index (κ3) is 3.75. The summed E-state index contributed by atoms with van der Waals surface area (Å²) in [5.74, 6) is 1.04. The highest BCUT2D eigenvalue weighted by Gasteiger charge is 2.31. The van der Waals surface area contributed by atoms with E-state index in [-0.39, 0.29) is 11.8 Å². The summed E-state index contributed by atoms with van der Waals surface area (Å²) in [4.78, 5) is 2.21. The van der Waals surface area contributed by atoms with Gasteiger partial charge in [0.2, 0.25) is 10.0 Å². The Hall–Kier alpha value is -1.11. The van der Waals surface area contributed by atoms with Crippen molar-refractivity contribution in [2.45, 2.75) is 19.4 Å². The first-order valence-corrected chi connectivity index (χ1v) is 8.91. The van der Waals surface area contributed by atoms with E-state index in [9.17, 15) is 8.42 Å². The van der Waals surface area contributed by atoms with Crippen LogP contribution in [-0.2, 0) is 10.0 Å². The van der Waals surface area contributed by atoms with Gasteiger partial charge in [-0.25, -0.2) is 8.42 Å². The van der Waals surface area contributed by atoms with Gasteiger partial charge in [-0.1, -0.05) is 19.1 Å². The van der Waals surface area contributed by atoms with Gasteiger partial charge >= 0.3 is 0 Å². The summed E-state index contributed by atoms with van der Waals surface area (Å²) in [5.41, 5.74) is 1.12. The second-order valence-electron chi connectivity index (χ2n) is 5.44. The van der Waals surface area contributed by atoms with E-state index < -0.39 is 10.0 Å². The normalized spacial score (nSPS) is 21.4. The second-order valence-corrected chi connectivity index (χ2v) is 7.53. The topological polar surface area (TPSA) is 49.9 Å². The Morgan fingerprint density at radius 1 is 1.24 bits per heavy atom. The van der Waals surface area contributed by atoms with Gasteiger partial charge in [-0.05, 0) is 31.2 Å². The van der Waals surface area contributed by atoms with E-state index in [1.165, 1.54) is 0 Å². The minimum Gasteiger partial charge on any atom is -0.497 e. The number of sulfonamides is 1. The van der Waals surface area contributed by atoms with Crippen LogP contribution in [0.1, 0.15) is 24.9 Å². The quantitative estimate of drug-likeness (QED) is 0.831. The molecule has 1 aliphatic rings. The molecule has 0 aromatic heterocycles. The van der Waals surface area contributed by atoms with Crippen molar-refractivity contribution in [1.29, 1.82) is 0 Å². The average Bonchev–Trinajstić information content (AvgIpc) is 2.47. The van der Waals surface area contributed by atoms with Gasteiger partial charge in [0.05, 0.1) is 12.9 Å². The minimum atomic E-state index is -3.13. The molecule has 1 atom stereocenters. The minimum absolute atomic E-state index is 0.0938. The third-order valence-electron chi connectivity index (χ3n) is 3.97. The maximum atomic E-state index is 12.3. The summed E-state index contributed by atoms with van der Waals surface area (Å²) in [6.45, 7) is 3.74. The first-order chi connectivity index (χ1) is 9.97. The second kappa shape index (κ2) is 6.77. The summed E-state index contributed by atoms with van der Waals surface area (Å²) in [5, 5.41) is 0. The smallest absolute Gasteiger partial charge is 0.214 e. The zero-order valence-corrected chi connectivity index (χ0v) is 13.8. The first-order valence-electron chi connectivity index (χ1n) is 7.30. The van der Waals surface area contributed by atoms with Crippen molar-refractivity contribution in [3.8, 4) is 5.75 Å². The standard InChI is InChI=1S/C15H24N2O3S/c1-4-11-21(18,19)17-10-9-16(2)15(12-17)13-5-7-14(20-3)8-6-13/h5-8,15H,4,9-12H2,1-3H3. The zero-order valence-electron chi connectivity index (χ0n) is 12.9. The Balaban J connectivity index is 2.17. The molecule has 1 heterocycles. The number of likely N-dealkylation sites (N-methyl/N-ethyl adjacent to an activating group) is 1. The van der Waals surface area contributed by atoms with Gasteiger partial charge in [-0.2, -0.15) is 4.31 Å². The summed E-state index contributed by atoms with van der Waals surface area (Å²) in [6.07, 6.45) is 0.655. The number of rotatable bonds is 5. The molecule has 1 saturated heterocycles. The number of ether oxygens (including phenoxy) is 1. The fourth-order valence-electron chi connectivity index (χ4n) is 2.67. The first kappa shape index (κ1) is 16.3. The van der Waals surface area contributed by atoms with E-state index >= 15 is 0 Å². The zero-order chi connectivity index (χ0) is 15.5. The molecule has 1 fully saturated rings. The van der Waals surface area contributed by atoms with Crippen molar-refractivity contribution < 1.29 is 13.2 Å². The van der Waals surface area contributed by atoms with E-state index in [0.29, 0.717) is 19.5 Å².